The van der Waals surface area contributed by atoms with Crippen molar-refractivity contribution in [3.8, 4) is 11.5 Å². The van der Waals surface area contributed by atoms with Crippen LogP contribution < -0.4 is 15.0 Å². The smallest absolute Gasteiger partial charge is 0.315 e. The average Bonchev–Trinajstić information content (AvgIpc) is 2.75. The van der Waals surface area contributed by atoms with Gasteiger partial charge < -0.3 is 9.47 Å². The Hall–Kier alpha value is -3.27. The summed E-state index contributed by atoms with van der Waals surface area (Å²) in [7, 11) is 0. The van der Waals surface area contributed by atoms with Crippen LogP contribution in [-0.4, -0.2) is 33.5 Å². The average molecular weight is 503 g/mol. The molecule has 0 aliphatic rings. The highest BCUT2D eigenvalue weighted by Gasteiger charge is 2.24. The van der Waals surface area contributed by atoms with Crippen LogP contribution in [0.25, 0.3) is 10.9 Å². The van der Waals surface area contributed by atoms with Gasteiger partial charge in [0.15, 0.2) is 5.75 Å². The molecule has 0 N–H and O–H groups in total. The number of halogens is 1. The molecule has 1 heterocycles. The Kier molecular flexibility index (Phi) is 7.24. The first kappa shape index (κ1) is 23.4. The standard InChI is InChI=1S/C22H23BrN4O5/c1-5-13(3)32-21-19(27(29)30)9-15(10-20(21)31-6-2)12-24-26-14(4)25-18-8-7-16(23)11-17(18)22(26)28/h7-13H,5-6H2,1-4H3/t13-/m1/s1. The fourth-order valence-electron chi connectivity index (χ4n) is 3.00. The first-order chi connectivity index (χ1) is 15.2. The lowest BCUT2D eigenvalue weighted by atomic mass is 10.1. The maximum absolute atomic E-state index is 12.9. The molecule has 168 valence electrons. The second kappa shape index (κ2) is 9.90. The van der Waals surface area contributed by atoms with E-state index in [0.29, 0.717) is 35.3 Å². The van der Waals surface area contributed by atoms with E-state index in [-0.39, 0.29) is 28.8 Å². The minimum Gasteiger partial charge on any atom is -0.490 e. The molecule has 0 aliphatic carbocycles. The SMILES string of the molecule is CCOc1cc(C=Nn2c(C)nc3ccc(Br)cc3c2=O)cc([N+](=O)[O-])c1O[C@H](C)CC. The predicted octanol–water partition coefficient (Wildman–Crippen LogP) is 4.83. The van der Waals surface area contributed by atoms with Crippen molar-refractivity contribution in [2.75, 3.05) is 6.61 Å². The van der Waals surface area contributed by atoms with Crippen LogP contribution in [0.4, 0.5) is 5.69 Å². The van der Waals surface area contributed by atoms with Crippen molar-refractivity contribution in [3.05, 3.63) is 66.7 Å². The molecule has 0 spiro atoms. The normalized spacial score (nSPS) is 12.3. The Morgan fingerprint density at radius 2 is 2.06 bits per heavy atom. The van der Waals surface area contributed by atoms with Crippen LogP contribution in [0.1, 0.15) is 38.6 Å². The van der Waals surface area contributed by atoms with Gasteiger partial charge >= 0.3 is 5.69 Å². The highest BCUT2D eigenvalue weighted by molar-refractivity contribution is 9.10. The van der Waals surface area contributed by atoms with Gasteiger partial charge in [0.05, 0.1) is 34.8 Å². The zero-order valence-electron chi connectivity index (χ0n) is 18.2. The number of rotatable bonds is 8. The third kappa shape index (κ3) is 4.96. The van der Waals surface area contributed by atoms with Crippen molar-refractivity contribution in [1.29, 1.82) is 0 Å². The number of nitro benzene ring substituents is 1. The molecule has 0 saturated carbocycles. The van der Waals surface area contributed by atoms with E-state index in [9.17, 15) is 14.9 Å². The molecule has 3 rings (SSSR count). The van der Waals surface area contributed by atoms with E-state index in [2.05, 4.69) is 26.0 Å². The largest absolute Gasteiger partial charge is 0.490 e. The van der Waals surface area contributed by atoms with Crippen LogP contribution in [0.2, 0.25) is 0 Å². The summed E-state index contributed by atoms with van der Waals surface area (Å²) in [5.74, 6) is 0.708. The van der Waals surface area contributed by atoms with E-state index in [1.165, 1.54) is 12.3 Å². The van der Waals surface area contributed by atoms with Gasteiger partial charge in [-0.3, -0.25) is 14.9 Å². The lowest BCUT2D eigenvalue weighted by Gasteiger charge is -2.16. The van der Waals surface area contributed by atoms with Gasteiger partial charge in [-0.05, 0) is 51.5 Å². The molecule has 2 aromatic carbocycles. The lowest BCUT2D eigenvalue weighted by molar-refractivity contribution is -0.386. The van der Waals surface area contributed by atoms with Crippen LogP contribution in [0, 0.1) is 17.0 Å². The van der Waals surface area contributed by atoms with Crippen LogP contribution in [0.5, 0.6) is 11.5 Å². The molecule has 32 heavy (non-hydrogen) atoms. The van der Waals surface area contributed by atoms with Crippen molar-refractivity contribution in [2.45, 2.75) is 40.2 Å². The number of fused-ring (bicyclic) bond motifs is 1. The molecule has 0 amide bonds. The Balaban J connectivity index is 2.11. The summed E-state index contributed by atoms with van der Waals surface area (Å²) in [5.41, 5.74) is 0.365. The van der Waals surface area contributed by atoms with Crippen LogP contribution in [-0.2, 0) is 0 Å². The van der Waals surface area contributed by atoms with Crippen molar-refractivity contribution < 1.29 is 14.4 Å². The van der Waals surface area contributed by atoms with Gasteiger partial charge in [-0.1, -0.05) is 22.9 Å². The Bertz CT molecular complexity index is 1260. The van der Waals surface area contributed by atoms with Crippen LogP contribution >= 0.6 is 15.9 Å². The minimum absolute atomic E-state index is 0.0777. The zero-order valence-corrected chi connectivity index (χ0v) is 19.7. The minimum atomic E-state index is -0.524. The fourth-order valence-corrected chi connectivity index (χ4v) is 3.37. The number of aryl methyl sites for hydroxylation is 1. The Morgan fingerprint density at radius 3 is 2.72 bits per heavy atom. The van der Waals surface area contributed by atoms with E-state index in [1.54, 1.807) is 38.1 Å². The Labute approximate surface area is 193 Å². The first-order valence-electron chi connectivity index (χ1n) is 10.1. The zero-order chi connectivity index (χ0) is 23.4. The third-order valence-corrected chi connectivity index (χ3v) is 5.23. The fraction of sp³-hybridized carbons (Fsp3) is 0.318. The molecule has 1 aromatic heterocycles. The molecule has 0 saturated heterocycles. The van der Waals surface area contributed by atoms with Crippen molar-refractivity contribution in [1.82, 2.24) is 9.66 Å². The molecule has 10 heteroatoms. The van der Waals surface area contributed by atoms with E-state index in [0.717, 1.165) is 9.15 Å². The molecule has 9 nitrogen and oxygen atoms in total. The molecular weight excluding hydrogens is 480 g/mol. The van der Waals surface area contributed by atoms with Crippen molar-refractivity contribution in [3.63, 3.8) is 0 Å². The second-order valence-electron chi connectivity index (χ2n) is 7.08. The van der Waals surface area contributed by atoms with Gasteiger partial charge in [-0.15, -0.1) is 0 Å². The summed E-state index contributed by atoms with van der Waals surface area (Å²) in [4.78, 5) is 28.5. The second-order valence-corrected chi connectivity index (χ2v) is 7.99. The number of hydrogen-bond donors (Lipinski definition) is 0. The highest BCUT2D eigenvalue weighted by Crippen LogP contribution is 2.39. The van der Waals surface area contributed by atoms with E-state index >= 15 is 0 Å². The molecule has 0 unspecified atom stereocenters. The van der Waals surface area contributed by atoms with Gasteiger partial charge in [-0.25, -0.2) is 4.98 Å². The van der Waals surface area contributed by atoms with Crippen molar-refractivity contribution in [2.24, 2.45) is 5.10 Å². The maximum Gasteiger partial charge on any atom is 0.315 e. The number of nitrogens with zero attached hydrogens (tertiary/aromatic N) is 4. The van der Waals surface area contributed by atoms with Gasteiger partial charge in [0.25, 0.3) is 5.56 Å². The van der Waals surface area contributed by atoms with Crippen molar-refractivity contribution >= 4 is 38.7 Å². The summed E-state index contributed by atoms with van der Waals surface area (Å²) in [6, 6.07) is 8.17. The third-order valence-electron chi connectivity index (χ3n) is 4.74. The molecule has 0 aliphatic heterocycles. The van der Waals surface area contributed by atoms with Gasteiger partial charge in [0.2, 0.25) is 5.75 Å². The van der Waals surface area contributed by atoms with Gasteiger partial charge in [-0.2, -0.15) is 9.78 Å². The summed E-state index contributed by atoms with van der Waals surface area (Å²) >= 11 is 3.35. The summed E-state index contributed by atoms with van der Waals surface area (Å²) in [6.07, 6.45) is 1.82. The summed E-state index contributed by atoms with van der Waals surface area (Å²) < 4.78 is 13.3. The molecule has 3 aromatic rings. The maximum atomic E-state index is 12.9. The van der Waals surface area contributed by atoms with E-state index in [1.807, 2.05) is 13.8 Å². The van der Waals surface area contributed by atoms with Gasteiger partial charge in [0.1, 0.15) is 5.82 Å². The molecular formula is C22H23BrN4O5. The molecule has 0 radical (unpaired) electrons. The number of hydrogen-bond acceptors (Lipinski definition) is 7. The number of nitro groups is 1. The number of benzene rings is 2. The van der Waals surface area contributed by atoms with E-state index in [4.69, 9.17) is 9.47 Å². The lowest BCUT2D eigenvalue weighted by Crippen LogP contribution is -2.20. The topological polar surface area (TPSA) is 109 Å². The molecule has 0 fully saturated rings. The van der Waals surface area contributed by atoms with E-state index < -0.39 is 4.92 Å². The number of aromatic nitrogens is 2. The molecule has 0 bridgehead atoms. The predicted molar refractivity (Wildman–Crippen MR) is 126 cm³/mol. The van der Waals surface area contributed by atoms with Crippen LogP contribution in [0.15, 0.2) is 44.7 Å². The first-order valence-corrected chi connectivity index (χ1v) is 10.9. The monoisotopic (exact) mass is 502 g/mol. The van der Waals surface area contributed by atoms with Gasteiger partial charge in [0, 0.05) is 16.1 Å². The summed E-state index contributed by atoms with van der Waals surface area (Å²) in [6.45, 7) is 7.50. The summed E-state index contributed by atoms with van der Waals surface area (Å²) in [5, 5.41) is 16.4. The highest BCUT2D eigenvalue weighted by atomic mass is 79.9. The molecule has 1 atom stereocenters. The Morgan fingerprint density at radius 1 is 1.31 bits per heavy atom. The van der Waals surface area contributed by atoms with Crippen LogP contribution in [0.3, 0.4) is 0 Å². The number of ether oxygens (including phenoxy) is 2. The quantitative estimate of drug-likeness (QED) is 0.247.